The first-order chi connectivity index (χ1) is 7.86. The lowest BCUT2D eigenvalue weighted by molar-refractivity contribution is 0.191. The quantitative estimate of drug-likeness (QED) is 0.873. The van der Waals surface area contributed by atoms with Gasteiger partial charge in [0.25, 0.3) is 0 Å². The molecule has 0 spiro atoms. The molecule has 0 aliphatic carbocycles. The number of nitrogens with one attached hydrogen (secondary N) is 1. The number of hydrogen-bond donors (Lipinski definition) is 2. The van der Waals surface area contributed by atoms with Crippen LogP contribution in [0, 0.1) is 0 Å². The molecule has 0 saturated carbocycles. The van der Waals surface area contributed by atoms with Crippen molar-refractivity contribution in [3.05, 3.63) is 54.4 Å². The fraction of sp³-hybridized carbons (Fsp3) is 0.167. The van der Waals surface area contributed by atoms with Crippen LogP contribution in [0.4, 0.5) is 5.95 Å². The number of nitrogens with zero attached hydrogens (tertiary/aromatic N) is 2. The highest BCUT2D eigenvalue weighted by Gasteiger charge is 2.06. The van der Waals surface area contributed by atoms with Gasteiger partial charge >= 0.3 is 0 Å². The molecule has 0 radical (unpaired) electrons. The zero-order valence-electron chi connectivity index (χ0n) is 9.15. The number of benzene rings is 1. The summed E-state index contributed by atoms with van der Waals surface area (Å²) < 4.78 is 0. The molecule has 17 heavy (non-hydrogen) atoms. The Hall–Kier alpha value is -1.65. The summed E-state index contributed by atoms with van der Waals surface area (Å²) in [6.45, 7) is 0.397. The molecule has 2 N–H and O–H groups in total. The summed E-state index contributed by atoms with van der Waals surface area (Å²) in [5.74, 6) is 0.525. The van der Waals surface area contributed by atoms with Gasteiger partial charge in [-0.2, -0.15) is 0 Å². The standard InChI is InChI=1S/C12H13N3O.ClH/c16-11(10-5-2-1-3-6-10)9-15-12-13-7-4-8-14-12;/h1-8,11,16H,9H2,(H,13,14,15);1H. The predicted octanol–water partition coefficient (Wildman–Crippen LogP) is 2.04. The lowest BCUT2D eigenvalue weighted by atomic mass is 10.1. The Bertz CT molecular complexity index is 424. The number of aliphatic hydroxyl groups excluding tert-OH is 1. The third kappa shape index (κ3) is 4.01. The molecule has 1 aromatic heterocycles. The second kappa shape index (κ2) is 6.83. The average Bonchev–Trinajstić information content (AvgIpc) is 2.38. The molecular formula is C12H14ClN3O. The molecule has 1 heterocycles. The van der Waals surface area contributed by atoms with Crippen molar-refractivity contribution in [2.75, 3.05) is 11.9 Å². The van der Waals surface area contributed by atoms with E-state index in [9.17, 15) is 5.11 Å². The second-order valence-corrected chi connectivity index (χ2v) is 3.38. The van der Waals surface area contributed by atoms with E-state index in [4.69, 9.17) is 0 Å². The number of anilines is 1. The average molecular weight is 252 g/mol. The number of hydrogen-bond acceptors (Lipinski definition) is 4. The summed E-state index contributed by atoms with van der Waals surface area (Å²) in [4.78, 5) is 8.02. The minimum atomic E-state index is -0.551. The number of aromatic nitrogens is 2. The number of halogens is 1. The highest BCUT2D eigenvalue weighted by Crippen LogP contribution is 2.11. The van der Waals surface area contributed by atoms with Crippen LogP contribution in [0.5, 0.6) is 0 Å². The van der Waals surface area contributed by atoms with Crippen LogP contribution < -0.4 is 5.32 Å². The Kier molecular flexibility index (Phi) is 5.39. The van der Waals surface area contributed by atoms with Gasteiger partial charge in [0.1, 0.15) is 0 Å². The van der Waals surface area contributed by atoms with Gasteiger partial charge in [-0.05, 0) is 11.6 Å². The Morgan fingerprint density at radius 2 is 1.71 bits per heavy atom. The summed E-state index contributed by atoms with van der Waals surface area (Å²) in [5, 5.41) is 12.8. The van der Waals surface area contributed by atoms with Crippen LogP contribution in [0.3, 0.4) is 0 Å². The van der Waals surface area contributed by atoms with Crippen LogP contribution in [-0.4, -0.2) is 21.6 Å². The number of aliphatic hydroxyl groups is 1. The summed E-state index contributed by atoms with van der Waals surface area (Å²) in [6, 6.07) is 11.2. The van der Waals surface area contributed by atoms with Crippen molar-refractivity contribution in [2.45, 2.75) is 6.10 Å². The topological polar surface area (TPSA) is 58.0 Å². The smallest absolute Gasteiger partial charge is 0.222 e. The van der Waals surface area contributed by atoms with Crippen molar-refractivity contribution in [2.24, 2.45) is 0 Å². The molecule has 0 fully saturated rings. The van der Waals surface area contributed by atoms with Crippen LogP contribution in [0.15, 0.2) is 48.8 Å². The fourth-order valence-corrected chi connectivity index (χ4v) is 1.37. The van der Waals surface area contributed by atoms with Crippen molar-refractivity contribution >= 4 is 18.4 Å². The summed E-state index contributed by atoms with van der Waals surface area (Å²) in [5.41, 5.74) is 0.880. The van der Waals surface area contributed by atoms with E-state index in [1.165, 1.54) is 0 Å². The lowest BCUT2D eigenvalue weighted by Gasteiger charge is -2.11. The van der Waals surface area contributed by atoms with E-state index in [0.29, 0.717) is 12.5 Å². The normalized spacial score (nSPS) is 11.4. The SMILES string of the molecule is Cl.OC(CNc1ncccn1)c1ccccc1. The van der Waals surface area contributed by atoms with Gasteiger partial charge in [0.05, 0.1) is 6.10 Å². The molecule has 0 bridgehead atoms. The molecular weight excluding hydrogens is 238 g/mol. The molecule has 1 aromatic carbocycles. The molecule has 0 saturated heterocycles. The first kappa shape index (κ1) is 13.4. The predicted molar refractivity (Wildman–Crippen MR) is 69.2 cm³/mol. The molecule has 5 heteroatoms. The largest absolute Gasteiger partial charge is 0.387 e. The van der Waals surface area contributed by atoms with Crippen molar-refractivity contribution in [3.63, 3.8) is 0 Å². The molecule has 0 amide bonds. The van der Waals surface area contributed by atoms with E-state index in [1.54, 1.807) is 18.5 Å². The zero-order chi connectivity index (χ0) is 11.2. The molecule has 90 valence electrons. The summed E-state index contributed by atoms with van der Waals surface area (Å²) in [7, 11) is 0. The highest BCUT2D eigenvalue weighted by molar-refractivity contribution is 5.85. The van der Waals surface area contributed by atoms with Gasteiger partial charge in [0.2, 0.25) is 5.95 Å². The van der Waals surface area contributed by atoms with Gasteiger partial charge in [-0.3, -0.25) is 0 Å². The minimum absolute atomic E-state index is 0. The molecule has 2 aromatic rings. The first-order valence-corrected chi connectivity index (χ1v) is 5.10. The fourth-order valence-electron chi connectivity index (χ4n) is 1.37. The zero-order valence-corrected chi connectivity index (χ0v) is 9.97. The Morgan fingerprint density at radius 3 is 2.35 bits per heavy atom. The molecule has 1 unspecified atom stereocenters. The third-order valence-electron chi connectivity index (χ3n) is 2.20. The monoisotopic (exact) mass is 251 g/mol. The molecule has 1 atom stereocenters. The van der Waals surface area contributed by atoms with Crippen LogP contribution in [0.1, 0.15) is 11.7 Å². The lowest BCUT2D eigenvalue weighted by Crippen LogP contribution is -2.13. The van der Waals surface area contributed by atoms with Crippen LogP contribution in [-0.2, 0) is 0 Å². The maximum Gasteiger partial charge on any atom is 0.222 e. The van der Waals surface area contributed by atoms with E-state index in [1.807, 2.05) is 30.3 Å². The van der Waals surface area contributed by atoms with Gasteiger partial charge in [0, 0.05) is 18.9 Å². The highest BCUT2D eigenvalue weighted by atomic mass is 35.5. The van der Waals surface area contributed by atoms with Crippen molar-refractivity contribution in [1.82, 2.24) is 9.97 Å². The van der Waals surface area contributed by atoms with Gasteiger partial charge in [-0.25, -0.2) is 9.97 Å². The Morgan fingerprint density at radius 1 is 1.06 bits per heavy atom. The van der Waals surface area contributed by atoms with Crippen LogP contribution in [0.2, 0.25) is 0 Å². The van der Waals surface area contributed by atoms with E-state index in [2.05, 4.69) is 15.3 Å². The third-order valence-corrected chi connectivity index (χ3v) is 2.20. The molecule has 0 aliphatic rings. The maximum atomic E-state index is 9.86. The van der Waals surface area contributed by atoms with Gasteiger partial charge < -0.3 is 10.4 Å². The van der Waals surface area contributed by atoms with Crippen molar-refractivity contribution in [1.29, 1.82) is 0 Å². The second-order valence-electron chi connectivity index (χ2n) is 3.38. The van der Waals surface area contributed by atoms with E-state index >= 15 is 0 Å². The molecule has 2 rings (SSSR count). The van der Waals surface area contributed by atoms with E-state index in [-0.39, 0.29) is 12.4 Å². The van der Waals surface area contributed by atoms with Crippen molar-refractivity contribution in [3.8, 4) is 0 Å². The Labute approximate surface area is 106 Å². The van der Waals surface area contributed by atoms with Gasteiger partial charge in [-0.1, -0.05) is 30.3 Å². The molecule has 0 aliphatic heterocycles. The van der Waals surface area contributed by atoms with E-state index < -0.39 is 6.10 Å². The molecule has 4 nitrogen and oxygen atoms in total. The van der Waals surface area contributed by atoms with Crippen molar-refractivity contribution < 1.29 is 5.11 Å². The van der Waals surface area contributed by atoms with Crippen LogP contribution >= 0.6 is 12.4 Å². The Balaban J connectivity index is 0.00000144. The minimum Gasteiger partial charge on any atom is -0.387 e. The van der Waals surface area contributed by atoms with Crippen LogP contribution in [0.25, 0.3) is 0 Å². The number of rotatable bonds is 4. The summed E-state index contributed by atoms with van der Waals surface area (Å²) >= 11 is 0. The first-order valence-electron chi connectivity index (χ1n) is 5.10. The van der Waals surface area contributed by atoms with E-state index in [0.717, 1.165) is 5.56 Å². The van der Waals surface area contributed by atoms with Gasteiger partial charge in [-0.15, -0.1) is 12.4 Å². The van der Waals surface area contributed by atoms with Gasteiger partial charge in [0.15, 0.2) is 0 Å². The maximum absolute atomic E-state index is 9.86. The summed E-state index contributed by atoms with van der Waals surface area (Å²) in [6.07, 6.45) is 2.76.